The second-order valence-corrected chi connectivity index (χ2v) is 8.57. The van der Waals surface area contributed by atoms with Gasteiger partial charge in [0, 0.05) is 24.3 Å². The molecule has 0 atom stereocenters. The number of carbonyl (C=O) groups excluding carboxylic acids is 1. The molecule has 8 heteroatoms. The van der Waals surface area contributed by atoms with Crippen molar-refractivity contribution in [2.24, 2.45) is 0 Å². The molecule has 140 valence electrons. The van der Waals surface area contributed by atoms with Crippen molar-refractivity contribution in [3.63, 3.8) is 0 Å². The molecule has 0 bridgehead atoms. The first kappa shape index (κ1) is 19.4. The van der Waals surface area contributed by atoms with Crippen LogP contribution in [0.2, 0.25) is 5.02 Å². The number of nitriles is 1. The van der Waals surface area contributed by atoms with E-state index in [-0.39, 0.29) is 15.5 Å². The third kappa shape index (κ3) is 4.30. The number of rotatable bonds is 4. The summed E-state index contributed by atoms with van der Waals surface area (Å²) in [6, 6.07) is 12.7. The molecule has 1 amide bonds. The van der Waals surface area contributed by atoms with Crippen LogP contribution in [0, 0.1) is 11.3 Å². The molecule has 1 aliphatic rings. The highest BCUT2D eigenvalue weighted by Gasteiger charge is 2.28. The van der Waals surface area contributed by atoms with Crippen molar-refractivity contribution in [3.8, 4) is 6.07 Å². The molecule has 0 unspecified atom stereocenters. The summed E-state index contributed by atoms with van der Waals surface area (Å²) in [7, 11) is -3.75. The van der Waals surface area contributed by atoms with Gasteiger partial charge in [-0.25, -0.2) is 8.42 Å². The van der Waals surface area contributed by atoms with E-state index < -0.39 is 15.9 Å². The Morgan fingerprint density at radius 3 is 2.56 bits per heavy atom. The topological polar surface area (TPSA) is 90.3 Å². The van der Waals surface area contributed by atoms with E-state index in [0.29, 0.717) is 24.3 Å². The van der Waals surface area contributed by atoms with Gasteiger partial charge in [-0.15, -0.1) is 0 Å². The fourth-order valence-electron chi connectivity index (χ4n) is 2.96. The van der Waals surface area contributed by atoms with Crippen molar-refractivity contribution in [2.45, 2.75) is 24.2 Å². The fraction of sp³-hybridized carbons (Fsp3) is 0.263. The number of anilines is 1. The Kier molecular flexibility index (Phi) is 5.80. The van der Waals surface area contributed by atoms with E-state index in [9.17, 15) is 13.2 Å². The van der Waals surface area contributed by atoms with Crippen molar-refractivity contribution in [2.75, 3.05) is 18.4 Å². The molecule has 1 fully saturated rings. The van der Waals surface area contributed by atoms with Crippen molar-refractivity contribution in [1.82, 2.24) is 4.31 Å². The van der Waals surface area contributed by atoms with Crippen molar-refractivity contribution < 1.29 is 13.2 Å². The largest absolute Gasteiger partial charge is 0.322 e. The second kappa shape index (κ2) is 8.09. The number of amides is 1. The van der Waals surface area contributed by atoms with Crippen molar-refractivity contribution >= 4 is 33.2 Å². The summed E-state index contributed by atoms with van der Waals surface area (Å²) in [6.45, 7) is 0.909. The fourth-order valence-corrected chi connectivity index (χ4v) is 4.97. The standard InChI is InChI=1S/C19H18ClN3O3S/c20-17-8-7-15(19(24)22-16-6-4-5-14(11-16)13-21)12-18(17)27(25,26)23-9-2-1-3-10-23/h4-8,11-12H,1-3,9-10H2,(H,22,24). The lowest BCUT2D eigenvalue weighted by atomic mass is 10.2. The minimum atomic E-state index is -3.75. The highest BCUT2D eigenvalue weighted by Crippen LogP contribution is 2.28. The van der Waals surface area contributed by atoms with E-state index in [1.807, 2.05) is 6.07 Å². The van der Waals surface area contributed by atoms with E-state index in [0.717, 1.165) is 19.3 Å². The Morgan fingerprint density at radius 2 is 1.85 bits per heavy atom. The van der Waals surface area contributed by atoms with E-state index in [4.69, 9.17) is 16.9 Å². The highest BCUT2D eigenvalue weighted by molar-refractivity contribution is 7.89. The number of nitrogens with zero attached hydrogens (tertiary/aromatic N) is 2. The van der Waals surface area contributed by atoms with Gasteiger partial charge in [-0.1, -0.05) is 24.1 Å². The van der Waals surface area contributed by atoms with Crippen LogP contribution >= 0.6 is 11.6 Å². The molecule has 1 aliphatic heterocycles. The van der Waals surface area contributed by atoms with E-state index >= 15 is 0 Å². The van der Waals surface area contributed by atoms with E-state index in [1.54, 1.807) is 24.3 Å². The summed E-state index contributed by atoms with van der Waals surface area (Å²) < 4.78 is 27.2. The molecule has 2 aromatic rings. The third-order valence-corrected chi connectivity index (χ3v) is 6.76. The Hall–Kier alpha value is -2.40. The zero-order chi connectivity index (χ0) is 19.4. The van der Waals surface area contributed by atoms with Gasteiger partial charge in [-0.05, 0) is 49.2 Å². The second-order valence-electron chi connectivity index (χ2n) is 6.26. The van der Waals surface area contributed by atoms with Crippen LogP contribution in [0.4, 0.5) is 5.69 Å². The summed E-state index contributed by atoms with van der Waals surface area (Å²) in [6.07, 6.45) is 2.63. The normalized spacial score (nSPS) is 15.1. The molecule has 1 N–H and O–H groups in total. The predicted octanol–water partition coefficient (Wildman–Crippen LogP) is 3.64. The Balaban J connectivity index is 1.88. The average Bonchev–Trinajstić information content (AvgIpc) is 2.69. The number of sulfonamides is 1. The minimum Gasteiger partial charge on any atom is -0.322 e. The van der Waals surface area contributed by atoms with Crippen LogP contribution in [0.25, 0.3) is 0 Å². The summed E-state index contributed by atoms with van der Waals surface area (Å²) in [4.78, 5) is 12.5. The molecule has 0 aliphatic carbocycles. The van der Waals surface area contributed by atoms with Crippen LogP contribution in [0.1, 0.15) is 35.2 Å². The van der Waals surface area contributed by atoms with Gasteiger partial charge in [-0.3, -0.25) is 4.79 Å². The molecule has 27 heavy (non-hydrogen) atoms. The number of halogens is 1. The number of carbonyl (C=O) groups is 1. The zero-order valence-electron chi connectivity index (χ0n) is 14.5. The van der Waals surface area contributed by atoms with Gasteiger partial charge in [0.2, 0.25) is 10.0 Å². The quantitative estimate of drug-likeness (QED) is 0.843. The van der Waals surface area contributed by atoms with Gasteiger partial charge in [0.05, 0.1) is 16.7 Å². The summed E-state index contributed by atoms with van der Waals surface area (Å²) in [5.41, 5.74) is 1.05. The number of benzene rings is 2. The number of nitrogens with one attached hydrogen (secondary N) is 1. The lowest BCUT2D eigenvalue weighted by Crippen LogP contribution is -2.35. The molecule has 0 saturated carbocycles. The maximum absolute atomic E-state index is 12.9. The van der Waals surface area contributed by atoms with Crippen LogP contribution in [0.3, 0.4) is 0 Å². The maximum atomic E-state index is 12.9. The Labute approximate surface area is 163 Å². The number of piperidine rings is 1. The van der Waals surface area contributed by atoms with Gasteiger partial charge in [-0.2, -0.15) is 9.57 Å². The smallest absolute Gasteiger partial charge is 0.255 e. The van der Waals surface area contributed by atoms with Crippen LogP contribution in [-0.2, 0) is 10.0 Å². The first-order valence-electron chi connectivity index (χ1n) is 8.53. The molecular formula is C19H18ClN3O3S. The molecule has 1 saturated heterocycles. The Morgan fingerprint density at radius 1 is 1.11 bits per heavy atom. The molecule has 6 nitrogen and oxygen atoms in total. The third-order valence-electron chi connectivity index (χ3n) is 4.38. The van der Waals surface area contributed by atoms with Gasteiger partial charge < -0.3 is 5.32 Å². The van der Waals surface area contributed by atoms with Gasteiger partial charge in [0.25, 0.3) is 5.91 Å². The molecular weight excluding hydrogens is 386 g/mol. The van der Waals surface area contributed by atoms with Gasteiger partial charge >= 0.3 is 0 Å². The minimum absolute atomic E-state index is 0.0653. The number of hydrogen-bond acceptors (Lipinski definition) is 4. The van der Waals surface area contributed by atoms with Crippen LogP contribution in [0.5, 0.6) is 0 Å². The van der Waals surface area contributed by atoms with Crippen LogP contribution in [0.15, 0.2) is 47.4 Å². The van der Waals surface area contributed by atoms with Gasteiger partial charge in [0.1, 0.15) is 4.90 Å². The lowest BCUT2D eigenvalue weighted by Gasteiger charge is -2.26. The lowest BCUT2D eigenvalue weighted by molar-refractivity contribution is 0.102. The van der Waals surface area contributed by atoms with Gasteiger partial charge in [0.15, 0.2) is 0 Å². The summed E-state index contributed by atoms with van der Waals surface area (Å²) in [5, 5.41) is 11.7. The molecule has 0 spiro atoms. The molecule has 2 aromatic carbocycles. The first-order chi connectivity index (χ1) is 12.9. The maximum Gasteiger partial charge on any atom is 0.255 e. The summed E-state index contributed by atoms with van der Waals surface area (Å²) >= 11 is 6.13. The Bertz CT molecular complexity index is 1010. The van der Waals surface area contributed by atoms with Crippen LogP contribution < -0.4 is 5.32 Å². The number of hydrogen-bond donors (Lipinski definition) is 1. The molecule has 3 rings (SSSR count). The predicted molar refractivity (Wildman–Crippen MR) is 103 cm³/mol. The highest BCUT2D eigenvalue weighted by atomic mass is 35.5. The zero-order valence-corrected chi connectivity index (χ0v) is 16.1. The van der Waals surface area contributed by atoms with E-state index in [1.165, 1.54) is 22.5 Å². The molecule has 0 aromatic heterocycles. The van der Waals surface area contributed by atoms with Crippen molar-refractivity contribution in [3.05, 3.63) is 58.6 Å². The van der Waals surface area contributed by atoms with E-state index in [2.05, 4.69) is 5.32 Å². The molecule has 1 heterocycles. The first-order valence-corrected chi connectivity index (χ1v) is 10.3. The summed E-state index contributed by atoms with van der Waals surface area (Å²) in [5.74, 6) is -0.475. The SMILES string of the molecule is N#Cc1cccc(NC(=O)c2ccc(Cl)c(S(=O)(=O)N3CCCCC3)c2)c1. The monoisotopic (exact) mass is 403 g/mol. The van der Waals surface area contributed by atoms with Crippen molar-refractivity contribution in [1.29, 1.82) is 5.26 Å². The average molecular weight is 404 g/mol. The van der Waals surface area contributed by atoms with Crippen LogP contribution in [-0.4, -0.2) is 31.7 Å². The molecule has 0 radical (unpaired) electrons.